The number of amides is 1. The lowest BCUT2D eigenvalue weighted by Crippen LogP contribution is -2.36. The third-order valence-electron chi connectivity index (χ3n) is 2.36. The second-order valence-corrected chi connectivity index (χ2v) is 3.79. The first-order chi connectivity index (χ1) is 8.16. The number of hydrazone groups is 1. The van der Waals surface area contributed by atoms with Crippen LogP contribution in [-0.4, -0.2) is 24.3 Å². The third kappa shape index (κ3) is 2.75. The van der Waals surface area contributed by atoms with Crippen LogP contribution in [0.4, 0.5) is 0 Å². The molecule has 1 aliphatic rings. The Bertz CT molecular complexity index is 457. The van der Waals surface area contributed by atoms with E-state index in [9.17, 15) is 4.79 Å². The van der Waals surface area contributed by atoms with Crippen molar-refractivity contribution in [3.8, 4) is 11.5 Å². The van der Waals surface area contributed by atoms with Crippen LogP contribution in [0.25, 0.3) is 0 Å². The SMILES string of the molecule is CC(=O)NN=C(C)C1COc2ccccc2O1. The van der Waals surface area contributed by atoms with Gasteiger partial charge >= 0.3 is 0 Å². The zero-order chi connectivity index (χ0) is 12.3. The smallest absolute Gasteiger partial charge is 0.236 e. The minimum atomic E-state index is -0.267. The van der Waals surface area contributed by atoms with E-state index in [1.54, 1.807) is 6.92 Å². The number of nitrogens with one attached hydrogen (secondary N) is 1. The largest absolute Gasteiger partial charge is 0.485 e. The van der Waals surface area contributed by atoms with Gasteiger partial charge in [0.2, 0.25) is 5.91 Å². The maximum absolute atomic E-state index is 10.7. The molecule has 0 aliphatic carbocycles. The summed E-state index contributed by atoms with van der Waals surface area (Å²) < 4.78 is 11.3. The Labute approximate surface area is 99.4 Å². The Hall–Kier alpha value is -2.04. The van der Waals surface area contributed by atoms with Crippen LogP contribution in [0.1, 0.15) is 13.8 Å². The van der Waals surface area contributed by atoms with Crippen molar-refractivity contribution in [2.24, 2.45) is 5.10 Å². The molecule has 1 aromatic carbocycles. The summed E-state index contributed by atoms with van der Waals surface area (Å²) in [5.74, 6) is 1.22. The molecule has 90 valence electrons. The van der Waals surface area contributed by atoms with E-state index in [0.717, 1.165) is 5.75 Å². The molecule has 0 fully saturated rings. The summed E-state index contributed by atoms with van der Waals surface area (Å²) in [6.45, 7) is 3.59. The van der Waals surface area contributed by atoms with E-state index in [4.69, 9.17) is 9.47 Å². The van der Waals surface area contributed by atoms with Gasteiger partial charge in [-0.25, -0.2) is 5.43 Å². The quantitative estimate of drug-likeness (QED) is 0.620. The molecule has 0 bridgehead atoms. The summed E-state index contributed by atoms with van der Waals surface area (Å²) in [5.41, 5.74) is 3.06. The minimum Gasteiger partial charge on any atom is -0.485 e. The van der Waals surface area contributed by atoms with E-state index >= 15 is 0 Å². The first-order valence-electron chi connectivity index (χ1n) is 5.36. The third-order valence-corrected chi connectivity index (χ3v) is 2.36. The number of carbonyl (C=O) groups excluding carboxylic acids is 1. The zero-order valence-electron chi connectivity index (χ0n) is 9.77. The lowest BCUT2D eigenvalue weighted by atomic mass is 10.2. The molecule has 1 aromatic rings. The normalized spacial score (nSPS) is 18.7. The summed E-state index contributed by atoms with van der Waals surface area (Å²) in [7, 11) is 0. The second-order valence-electron chi connectivity index (χ2n) is 3.79. The van der Waals surface area contributed by atoms with Crippen LogP contribution >= 0.6 is 0 Å². The van der Waals surface area contributed by atoms with Gasteiger partial charge in [-0.05, 0) is 19.1 Å². The van der Waals surface area contributed by atoms with E-state index < -0.39 is 0 Å². The molecule has 0 saturated heterocycles. The topological polar surface area (TPSA) is 59.9 Å². The Balaban J connectivity index is 2.07. The van der Waals surface area contributed by atoms with Crippen molar-refractivity contribution in [3.63, 3.8) is 0 Å². The van der Waals surface area contributed by atoms with Gasteiger partial charge in [0.15, 0.2) is 17.6 Å². The number of para-hydroxylation sites is 2. The molecule has 5 nitrogen and oxygen atoms in total. The highest BCUT2D eigenvalue weighted by molar-refractivity contribution is 5.88. The Morgan fingerprint density at radius 3 is 2.76 bits per heavy atom. The lowest BCUT2D eigenvalue weighted by Gasteiger charge is -2.26. The van der Waals surface area contributed by atoms with Crippen molar-refractivity contribution in [1.29, 1.82) is 0 Å². The number of ether oxygens (including phenoxy) is 2. The molecule has 1 unspecified atom stereocenters. The number of nitrogens with zero attached hydrogens (tertiary/aromatic N) is 1. The van der Waals surface area contributed by atoms with Gasteiger partial charge in [-0.3, -0.25) is 4.79 Å². The number of hydrogen-bond acceptors (Lipinski definition) is 4. The van der Waals surface area contributed by atoms with Crippen molar-refractivity contribution in [2.45, 2.75) is 20.0 Å². The molecule has 17 heavy (non-hydrogen) atoms. The van der Waals surface area contributed by atoms with Crippen molar-refractivity contribution in [1.82, 2.24) is 5.43 Å². The molecule has 2 rings (SSSR count). The van der Waals surface area contributed by atoms with Crippen molar-refractivity contribution < 1.29 is 14.3 Å². The molecule has 1 aliphatic heterocycles. The molecule has 1 atom stereocenters. The molecule has 1 amide bonds. The van der Waals surface area contributed by atoms with E-state index in [0.29, 0.717) is 18.1 Å². The molecular weight excluding hydrogens is 220 g/mol. The minimum absolute atomic E-state index is 0.207. The molecule has 0 spiro atoms. The summed E-state index contributed by atoms with van der Waals surface area (Å²) in [5, 5.41) is 3.93. The highest BCUT2D eigenvalue weighted by Gasteiger charge is 2.22. The van der Waals surface area contributed by atoms with Gasteiger partial charge in [-0.2, -0.15) is 5.10 Å². The molecule has 0 radical (unpaired) electrons. The van der Waals surface area contributed by atoms with Crippen LogP contribution in [0.3, 0.4) is 0 Å². The fourth-order valence-corrected chi connectivity index (χ4v) is 1.46. The summed E-state index contributed by atoms with van der Waals surface area (Å²) in [6, 6.07) is 7.46. The monoisotopic (exact) mass is 234 g/mol. The highest BCUT2D eigenvalue weighted by Crippen LogP contribution is 2.31. The maximum Gasteiger partial charge on any atom is 0.236 e. The molecule has 0 saturated carbocycles. The van der Waals surface area contributed by atoms with Gasteiger partial charge in [-0.15, -0.1) is 0 Å². The number of rotatable bonds is 2. The van der Waals surface area contributed by atoms with Crippen LogP contribution in [0.15, 0.2) is 29.4 Å². The Morgan fingerprint density at radius 2 is 2.06 bits per heavy atom. The Morgan fingerprint density at radius 1 is 1.35 bits per heavy atom. The molecule has 5 heteroatoms. The van der Waals surface area contributed by atoms with Crippen LogP contribution in [0, 0.1) is 0 Å². The first kappa shape index (κ1) is 11.4. The van der Waals surface area contributed by atoms with Crippen LogP contribution < -0.4 is 14.9 Å². The molecule has 1 N–H and O–H groups in total. The maximum atomic E-state index is 10.7. The average Bonchev–Trinajstić information content (AvgIpc) is 2.35. The van der Waals surface area contributed by atoms with Gasteiger partial charge in [0.05, 0.1) is 5.71 Å². The second kappa shape index (κ2) is 4.86. The fraction of sp³-hybridized carbons (Fsp3) is 0.333. The van der Waals surface area contributed by atoms with Crippen LogP contribution in [0.5, 0.6) is 11.5 Å². The zero-order valence-corrected chi connectivity index (χ0v) is 9.77. The van der Waals surface area contributed by atoms with E-state index in [2.05, 4.69) is 10.5 Å². The van der Waals surface area contributed by atoms with Crippen molar-refractivity contribution >= 4 is 11.6 Å². The van der Waals surface area contributed by atoms with Crippen molar-refractivity contribution in [3.05, 3.63) is 24.3 Å². The molecule has 0 aromatic heterocycles. The van der Waals surface area contributed by atoms with Gasteiger partial charge in [0.25, 0.3) is 0 Å². The number of carbonyl (C=O) groups is 1. The number of benzene rings is 1. The fourth-order valence-electron chi connectivity index (χ4n) is 1.46. The van der Waals surface area contributed by atoms with Gasteiger partial charge < -0.3 is 9.47 Å². The highest BCUT2D eigenvalue weighted by atomic mass is 16.6. The standard InChI is InChI=1S/C12H14N2O3/c1-8(13-14-9(2)15)12-7-16-10-5-3-4-6-11(10)17-12/h3-6,12H,7H2,1-2H3,(H,14,15). The molecular formula is C12H14N2O3. The molecule has 1 heterocycles. The van der Waals surface area contributed by atoms with Gasteiger partial charge in [0.1, 0.15) is 6.61 Å². The van der Waals surface area contributed by atoms with Crippen molar-refractivity contribution in [2.75, 3.05) is 6.61 Å². The van der Waals surface area contributed by atoms with E-state index in [-0.39, 0.29) is 12.0 Å². The summed E-state index contributed by atoms with van der Waals surface area (Å²) in [4.78, 5) is 10.7. The summed E-state index contributed by atoms with van der Waals surface area (Å²) >= 11 is 0. The summed E-state index contributed by atoms with van der Waals surface area (Å²) in [6.07, 6.45) is -0.267. The van der Waals surface area contributed by atoms with Crippen LogP contribution in [0.2, 0.25) is 0 Å². The van der Waals surface area contributed by atoms with E-state index in [1.165, 1.54) is 6.92 Å². The number of fused-ring (bicyclic) bond motifs is 1. The van der Waals surface area contributed by atoms with Gasteiger partial charge in [-0.1, -0.05) is 12.1 Å². The van der Waals surface area contributed by atoms with E-state index in [1.807, 2.05) is 24.3 Å². The average molecular weight is 234 g/mol. The lowest BCUT2D eigenvalue weighted by molar-refractivity contribution is -0.118. The number of hydrogen-bond donors (Lipinski definition) is 1. The predicted octanol–water partition coefficient (Wildman–Crippen LogP) is 1.34. The van der Waals surface area contributed by atoms with Gasteiger partial charge in [0, 0.05) is 6.92 Å². The Kier molecular flexibility index (Phi) is 3.27. The predicted molar refractivity (Wildman–Crippen MR) is 63.3 cm³/mol. The first-order valence-corrected chi connectivity index (χ1v) is 5.36. The van der Waals surface area contributed by atoms with Crippen LogP contribution in [-0.2, 0) is 4.79 Å².